The lowest BCUT2D eigenvalue weighted by Gasteiger charge is -2.10. The van der Waals surface area contributed by atoms with Crippen molar-refractivity contribution in [2.45, 2.75) is 4.90 Å². The van der Waals surface area contributed by atoms with Crippen molar-refractivity contribution in [3.63, 3.8) is 0 Å². The molecule has 0 spiro atoms. The first kappa shape index (κ1) is 15.9. The van der Waals surface area contributed by atoms with E-state index in [0.29, 0.717) is 11.3 Å². The number of hydrogen-bond acceptors (Lipinski definition) is 4. The van der Waals surface area contributed by atoms with Crippen molar-refractivity contribution in [2.75, 3.05) is 4.72 Å². The van der Waals surface area contributed by atoms with Gasteiger partial charge in [0, 0.05) is 17.3 Å². The Hall–Kier alpha value is -3.00. The van der Waals surface area contributed by atoms with Gasteiger partial charge in [-0.25, -0.2) is 17.9 Å². The molecule has 3 rings (SSSR count). The van der Waals surface area contributed by atoms with E-state index >= 15 is 0 Å². The molecule has 0 atom stereocenters. The summed E-state index contributed by atoms with van der Waals surface area (Å²) in [6.07, 6.45) is 0. The van der Waals surface area contributed by atoms with Gasteiger partial charge in [-0.2, -0.15) is 5.10 Å². The molecule has 2 N–H and O–H groups in total. The summed E-state index contributed by atoms with van der Waals surface area (Å²) in [6, 6.07) is 14.4. The fraction of sp³-hybridized carbons (Fsp3) is 0. The molecule has 0 radical (unpaired) electrons. The summed E-state index contributed by atoms with van der Waals surface area (Å²) in [5.41, 5.74) is 0.987. The van der Waals surface area contributed by atoms with Crippen LogP contribution in [0.5, 0.6) is 0 Å². The molecule has 0 aliphatic heterocycles. The number of benzene rings is 2. The lowest BCUT2D eigenvalue weighted by atomic mass is 10.1. The molecule has 6 nitrogen and oxygen atoms in total. The Labute approximate surface area is 137 Å². The molecule has 0 saturated heterocycles. The number of halogens is 1. The predicted octanol–water partition coefficient (Wildman–Crippen LogP) is 2.38. The second-order valence-electron chi connectivity index (χ2n) is 4.92. The van der Waals surface area contributed by atoms with Gasteiger partial charge in [0.2, 0.25) is 0 Å². The summed E-state index contributed by atoms with van der Waals surface area (Å²) in [5, 5.41) is 6.19. The zero-order valence-corrected chi connectivity index (χ0v) is 13.0. The molecular formula is C16H12FN3O3S. The third kappa shape index (κ3) is 3.33. The predicted molar refractivity (Wildman–Crippen MR) is 87.5 cm³/mol. The molecule has 0 aliphatic rings. The smallest absolute Gasteiger partial charge is 0.264 e. The van der Waals surface area contributed by atoms with Crippen molar-refractivity contribution < 1.29 is 12.8 Å². The Kier molecular flexibility index (Phi) is 4.13. The third-order valence-electron chi connectivity index (χ3n) is 3.22. The molecule has 0 saturated carbocycles. The molecule has 0 aliphatic carbocycles. The van der Waals surface area contributed by atoms with Crippen LogP contribution in [0, 0.1) is 5.82 Å². The second kappa shape index (κ2) is 6.25. The van der Waals surface area contributed by atoms with Crippen molar-refractivity contribution in [2.24, 2.45) is 0 Å². The molecular weight excluding hydrogens is 333 g/mol. The number of aromatic nitrogens is 2. The lowest BCUT2D eigenvalue weighted by molar-refractivity contribution is 0.570. The molecule has 3 aromatic rings. The van der Waals surface area contributed by atoms with E-state index in [0.717, 1.165) is 6.07 Å². The molecule has 8 heteroatoms. The highest BCUT2D eigenvalue weighted by Gasteiger charge is 2.18. The highest BCUT2D eigenvalue weighted by molar-refractivity contribution is 7.92. The number of nitrogens with zero attached hydrogens (tertiary/aromatic N) is 1. The number of hydrogen-bond donors (Lipinski definition) is 2. The van der Waals surface area contributed by atoms with Gasteiger partial charge in [-0.3, -0.25) is 9.52 Å². The molecule has 0 amide bonds. The number of nitrogens with one attached hydrogen (secondary N) is 2. The van der Waals surface area contributed by atoms with E-state index in [2.05, 4.69) is 14.9 Å². The van der Waals surface area contributed by atoms with E-state index < -0.39 is 20.7 Å². The molecule has 0 bridgehead atoms. The first-order valence-corrected chi connectivity index (χ1v) is 8.37. The quantitative estimate of drug-likeness (QED) is 0.759. The number of sulfonamides is 1. The van der Waals surface area contributed by atoms with Crippen LogP contribution in [0.3, 0.4) is 0 Å². The molecule has 0 unspecified atom stereocenters. The van der Waals surface area contributed by atoms with Gasteiger partial charge in [-0.15, -0.1) is 0 Å². The molecule has 1 aromatic heterocycles. The van der Waals surface area contributed by atoms with Crippen molar-refractivity contribution in [3.05, 3.63) is 76.8 Å². The van der Waals surface area contributed by atoms with Crippen LogP contribution in [-0.4, -0.2) is 18.6 Å². The maximum atomic E-state index is 13.7. The van der Waals surface area contributed by atoms with Gasteiger partial charge in [-0.05, 0) is 30.3 Å². The largest absolute Gasteiger partial charge is 0.280 e. The SMILES string of the molecule is O=c1ccc(-c2cccc(NS(=O)(=O)c3ccccc3F)c2)n[nH]1. The van der Waals surface area contributed by atoms with Crippen LogP contribution < -0.4 is 10.3 Å². The van der Waals surface area contributed by atoms with E-state index in [-0.39, 0.29) is 11.2 Å². The summed E-state index contributed by atoms with van der Waals surface area (Å²) in [6.45, 7) is 0. The van der Waals surface area contributed by atoms with Gasteiger partial charge in [0.05, 0.1) is 5.69 Å². The molecule has 2 aromatic carbocycles. The summed E-state index contributed by atoms with van der Waals surface area (Å²) in [7, 11) is -4.05. The molecule has 122 valence electrons. The number of rotatable bonds is 4. The summed E-state index contributed by atoms with van der Waals surface area (Å²) in [4.78, 5) is 10.6. The minimum Gasteiger partial charge on any atom is -0.280 e. The van der Waals surface area contributed by atoms with Gasteiger partial charge in [0.25, 0.3) is 15.6 Å². The number of aromatic amines is 1. The fourth-order valence-corrected chi connectivity index (χ4v) is 3.25. The Morgan fingerprint density at radius 2 is 1.79 bits per heavy atom. The Bertz CT molecular complexity index is 1030. The van der Waals surface area contributed by atoms with Gasteiger partial charge >= 0.3 is 0 Å². The standard InChI is InChI=1S/C16H12FN3O3S/c17-13-6-1-2-7-15(13)24(22,23)20-12-5-3-4-11(10-12)14-8-9-16(21)19-18-14/h1-10,20H,(H,19,21). The maximum absolute atomic E-state index is 13.7. The zero-order valence-electron chi connectivity index (χ0n) is 12.2. The summed E-state index contributed by atoms with van der Waals surface area (Å²) >= 11 is 0. The summed E-state index contributed by atoms with van der Waals surface area (Å²) in [5.74, 6) is -0.830. The zero-order chi connectivity index (χ0) is 17.2. The first-order valence-electron chi connectivity index (χ1n) is 6.89. The highest BCUT2D eigenvalue weighted by Crippen LogP contribution is 2.23. The topological polar surface area (TPSA) is 91.9 Å². The third-order valence-corrected chi connectivity index (χ3v) is 4.63. The van der Waals surface area contributed by atoms with E-state index in [9.17, 15) is 17.6 Å². The Morgan fingerprint density at radius 3 is 2.50 bits per heavy atom. The van der Waals surface area contributed by atoms with Crippen LogP contribution in [0.25, 0.3) is 11.3 Å². The van der Waals surface area contributed by atoms with Crippen LogP contribution in [0.1, 0.15) is 0 Å². The van der Waals surface area contributed by atoms with Gasteiger partial charge < -0.3 is 0 Å². The van der Waals surface area contributed by atoms with Crippen LogP contribution in [0.2, 0.25) is 0 Å². The van der Waals surface area contributed by atoms with Crippen molar-refractivity contribution >= 4 is 15.7 Å². The number of anilines is 1. The lowest BCUT2D eigenvalue weighted by Crippen LogP contribution is -2.14. The van der Waals surface area contributed by atoms with Crippen LogP contribution >= 0.6 is 0 Å². The number of H-pyrrole nitrogens is 1. The van der Waals surface area contributed by atoms with Crippen molar-refractivity contribution in [1.29, 1.82) is 0 Å². The summed E-state index contributed by atoms with van der Waals surface area (Å²) < 4.78 is 40.6. The Balaban J connectivity index is 1.94. The van der Waals surface area contributed by atoms with Gasteiger partial charge in [0.1, 0.15) is 10.7 Å². The highest BCUT2D eigenvalue weighted by atomic mass is 32.2. The van der Waals surface area contributed by atoms with E-state index in [1.165, 1.54) is 36.4 Å². The monoisotopic (exact) mass is 345 g/mol. The van der Waals surface area contributed by atoms with Gasteiger partial charge in [0.15, 0.2) is 0 Å². The van der Waals surface area contributed by atoms with Crippen LogP contribution in [-0.2, 0) is 10.0 Å². The Morgan fingerprint density at radius 1 is 1.00 bits per heavy atom. The van der Waals surface area contributed by atoms with Gasteiger partial charge in [-0.1, -0.05) is 24.3 Å². The minimum absolute atomic E-state index is 0.253. The van der Waals surface area contributed by atoms with Crippen molar-refractivity contribution in [1.82, 2.24) is 10.2 Å². The van der Waals surface area contributed by atoms with Crippen LogP contribution in [0.4, 0.5) is 10.1 Å². The minimum atomic E-state index is -4.05. The molecule has 24 heavy (non-hydrogen) atoms. The second-order valence-corrected chi connectivity index (χ2v) is 6.57. The normalized spacial score (nSPS) is 11.2. The maximum Gasteiger partial charge on any atom is 0.264 e. The molecule has 0 fully saturated rings. The van der Waals surface area contributed by atoms with E-state index in [4.69, 9.17) is 0 Å². The fourth-order valence-electron chi connectivity index (χ4n) is 2.12. The molecule has 1 heterocycles. The van der Waals surface area contributed by atoms with Crippen molar-refractivity contribution in [3.8, 4) is 11.3 Å². The van der Waals surface area contributed by atoms with E-state index in [1.54, 1.807) is 18.2 Å². The average molecular weight is 345 g/mol. The average Bonchev–Trinajstić information content (AvgIpc) is 2.55. The first-order chi connectivity index (χ1) is 11.5. The van der Waals surface area contributed by atoms with Crippen LogP contribution in [0.15, 0.2) is 70.4 Å². The van der Waals surface area contributed by atoms with E-state index in [1.807, 2.05) is 0 Å².